The van der Waals surface area contributed by atoms with Gasteiger partial charge in [0, 0.05) is 5.92 Å². The first-order valence-electron chi connectivity index (χ1n) is 3.58. The van der Waals surface area contributed by atoms with Crippen LogP contribution in [-0.4, -0.2) is 0 Å². The molecule has 1 aromatic heterocycles. The molecule has 0 radical (unpaired) electrons. The fourth-order valence-electron chi connectivity index (χ4n) is 0.778. The summed E-state index contributed by atoms with van der Waals surface area (Å²) in [6.45, 7) is 2.99. The predicted octanol–water partition coefficient (Wildman–Crippen LogP) is 4.15. The van der Waals surface area contributed by atoms with E-state index in [4.69, 9.17) is 11.6 Å². The molecule has 12 heavy (non-hydrogen) atoms. The van der Waals surface area contributed by atoms with Crippen molar-refractivity contribution in [1.82, 2.24) is 0 Å². The molecular weight excluding hydrogens is 202 g/mol. The third kappa shape index (κ3) is 1.77. The largest absolute Gasteiger partial charge is 0.284 e. The molecule has 68 valence electrons. The molecule has 0 bridgehead atoms. The van der Waals surface area contributed by atoms with Crippen LogP contribution < -0.4 is 0 Å². The lowest BCUT2D eigenvalue weighted by Crippen LogP contribution is -2.19. The summed E-state index contributed by atoms with van der Waals surface area (Å²) in [7, 11) is 0. The molecule has 0 aromatic carbocycles. The summed E-state index contributed by atoms with van der Waals surface area (Å²) in [6, 6.07) is 2.88. The maximum Gasteiger partial charge on any atom is 0.284 e. The van der Waals surface area contributed by atoms with Crippen molar-refractivity contribution in [3.05, 3.63) is 21.3 Å². The number of thiophene rings is 1. The highest BCUT2D eigenvalue weighted by Gasteiger charge is 2.36. The van der Waals surface area contributed by atoms with Gasteiger partial charge in [-0.15, -0.1) is 11.3 Å². The molecule has 1 rings (SSSR count). The monoisotopic (exact) mass is 210 g/mol. The Morgan fingerprint density at radius 1 is 1.42 bits per heavy atom. The van der Waals surface area contributed by atoms with Crippen LogP contribution in [0.25, 0.3) is 0 Å². The van der Waals surface area contributed by atoms with Crippen LogP contribution in [0.15, 0.2) is 12.1 Å². The molecule has 0 nitrogen and oxygen atoms in total. The topological polar surface area (TPSA) is 0 Å². The lowest BCUT2D eigenvalue weighted by molar-refractivity contribution is -0.0477. The first-order valence-corrected chi connectivity index (χ1v) is 4.77. The smallest absolute Gasteiger partial charge is 0.200 e. The molecule has 0 aliphatic heterocycles. The number of hydrogen-bond donors (Lipinski definition) is 0. The molecule has 0 saturated heterocycles. The van der Waals surface area contributed by atoms with Crippen molar-refractivity contribution in [3.63, 3.8) is 0 Å². The van der Waals surface area contributed by atoms with Gasteiger partial charge in [0.2, 0.25) is 0 Å². The van der Waals surface area contributed by atoms with Crippen LogP contribution >= 0.6 is 22.9 Å². The van der Waals surface area contributed by atoms with Gasteiger partial charge in [-0.05, 0) is 12.1 Å². The van der Waals surface area contributed by atoms with E-state index in [2.05, 4.69) is 0 Å². The van der Waals surface area contributed by atoms with Crippen LogP contribution in [0.4, 0.5) is 8.78 Å². The first-order chi connectivity index (χ1) is 5.44. The molecule has 0 N–H and O–H groups in total. The highest BCUT2D eigenvalue weighted by atomic mass is 35.5. The minimum absolute atomic E-state index is 0.0440. The average Bonchev–Trinajstić information content (AvgIpc) is 2.35. The average molecular weight is 211 g/mol. The summed E-state index contributed by atoms with van der Waals surface area (Å²) in [4.78, 5) is 0.0440. The second kappa shape index (κ2) is 3.30. The minimum atomic E-state index is -2.75. The Bertz CT molecular complexity index is 268. The zero-order valence-electron chi connectivity index (χ0n) is 6.77. The van der Waals surface area contributed by atoms with Crippen LogP contribution in [0, 0.1) is 5.92 Å². The summed E-state index contributed by atoms with van der Waals surface area (Å²) < 4.78 is 26.9. The third-order valence-electron chi connectivity index (χ3n) is 1.63. The van der Waals surface area contributed by atoms with Crippen LogP contribution in [0.2, 0.25) is 4.34 Å². The van der Waals surface area contributed by atoms with Crippen molar-refractivity contribution in [3.8, 4) is 0 Å². The van der Waals surface area contributed by atoms with Crippen molar-refractivity contribution in [2.24, 2.45) is 5.92 Å². The van der Waals surface area contributed by atoms with Gasteiger partial charge in [0.25, 0.3) is 5.92 Å². The van der Waals surface area contributed by atoms with E-state index in [0.29, 0.717) is 4.34 Å². The molecule has 0 aliphatic carbocycles. The Labute approximate surface area is 79.2 Å². The van der Waals surface area contributed by atoms with Crippen LogP contribution in [0.5, 0.6) is 0 Å². The summed E-state index contributed by atoms with van der Waals surface area (Å²) >= 11 is 6.49. The Balaban J connectivity index is 2.97. The molecule has 1 heterocycles. The Hall–Kier alpha value is -0.150. The van der Waals surface area contributed by atoms with Crippen molar-refractivity contribution < 1.29 is 8.78 Å². The summed E-state index contributed by atoms with van der Waals surface area (Å²) in [5.74, 6) is -3.44. The number of halogens is 3. The zero-order chi connectivity index (χ0) is 9.35. The number of hydrogen-bond acceptors (Lipinski definition) is 1. The molecule has 0 amide bonds. The second-order valence-corrected chi connectivity index (χ2v) is 4.60. The molecule has 0 aliphatic rings. The lowest BCUT2D eigenvalue weighted by Gasteiger charge is -2.18. The van der Waals surface area contributed by atoms with Gasteiger partial charge in [0.15, 0.2) is 0 Å². The van der Waals surface area contributed by atoms with Gasteiger partial charge in [0.1, 0.15) is 0 Å². The number of rotatable bonds is 2. The predicted molar refractivity (Wildman–Crippen MR) is 48.1 cm³/mol. The van der Waals surface area contributed by atoms with E-state index in [-0.39, 0.29) is 4.88 Å². The van der Waals surface area contributed by atoms with Gasteiger partial charge in [0.05, 0.1) is 9.21 Å². The van der Waals surface area contributed by atoms with Crippen molar-refractivity contribution in [1.29, 1.82) is 0 Å². The van der Waals surface area contributed by atoms with E-state index < -0.39 is 11.8 Å². The van der Waals surface area contributed by atoms with E-state index in [0.717, 1.165) is 11.3 Å². The van der Waals surface area contributed by atoms with Crippen LogP contribution in [0.1, 0.15) is 18.7 Å². The van der Waals surface area contributed by atoms with Gasteiger partial charge in [-0.25, -0.2) is 8.78 Å². The van der Waals surface area contributed by atoms with Crippen molar-refractivity contribution in [2.75, 3.05) is 0 Å². The Kier molecular flexibility index (Phi) is 2.74. The van der Waals surface area contributed by atoms with Gasteiger partial charge < -0.3 is 0 Å². The summed E-state index contributed by atoms with van der Waals surface area (Å²) in [5.41, 5.74) is 0. The molecule has 1 aromatic rings. The quantitative estimate of drug-likeness (QED) is 0.688. The van der Waals surface area contributed by atoms with E-state index in [1.165, 1.54) is 26.0 Å². The third-order valence-corrected chi connectivity index (χ3v) is 2.94. The van der Waals surface area contributed by atoms with Crippen LogP contribution in [0.3, 0.4) is 0 Å². The molecule has 0 fully saturated rings. The molecule has 0 spiro atoms. The fourth-order valence-corrected chi connectivity index (χ4v) is 1.94. The first kappa shape index (κ1) is 9.93. The van der Waals surface area contributed by atoms with Crippen molar-refractivity contribution in [2.45, 2.75) is 19.8 Å². The standard InChI is InChI=1S/C8H9ClF2S/c1-5(2)8(10,11)6-3-4-7(9)12-6/h3-5H,1-2H3. The zero-order valence-corrected chi connectivity index (χ0v) is 8.35. The molecule has 0 atom stereocenters. The van der Waals surface area contributed by atoms with E-state index in [9.17, 15) is 8.78 Å². The van der Waals surface area contributed by atoms with Crippen LogP contribution in [-0.2, 0) is 5.92 Å². The fraction of sp³-hybridized carbons (Fsp3) is 0.500. The van der Waals surface area contributed by atoms with Crippen molar-refractivity contribution >= 4 is 22.9 Å². The van der Waals surface area contributed by atoms with Gasteiger partial charge in [-0.1, -0.05) is 25.4 Å². The minimum Gasteiger partial charge on any atom is -0.200 e. The summed E-state index contributed by atoms with van der Waals surface area (Å²) in [6.07, 6.45) is 0. The summed E-state index contributed by atoms with van der Waals surface area (Å²) in [5, 5.41) is 0. The molecular formula is C8H9ClF2S. The Morgan fingerprint density at radius 2 is 2.00 bits per heavy atom. The van der Waals surface area contributed by atoms with Gasteiger partial charge in [-0.3, -0.25) is 0 Å². The van der Waals surface area contributed by atoms with Gasteiger partial charge in [-0.2, -0.15) is 0 Å². The molecule has 0 saturated carbocycles. The van der Waals surface area contributed by atoms with Gasteiger partial charge >= 0.3 is 0 Å². The maximum atomic E-state index is 13.2. The SMILES string of the molecule is CC(C)C(F)(F)c1ccc(Cl)s1. The van der Waals surface area contributed by atoms with E-state index in [1.54, 1.807) is 0 Å². The lowest BCUT2D eigenvalue weighted by atomic mass is 10.1. The highest BCUT2D eigenvalue weighted by molar-refractivity contribution is 7.16. The highest BCUT2D eigenvalue weighted by Crippen LogP contribution is 2.40. The second-order valence-electron chi connectivity index (χ2n) is 2.88. The maximum absolute atomic E-state index is 13.2. The van der Waals surface area contributed by atoms with E-state index >= 15 is 0 Å². The number of alkyl halides is 2. The Morgan fingerprint density at radius 3 is 2.33 bits per heavy atom. The normalized spacial score (nSPS) is 12.5. The van der Waals surface area contributed by atoms with E-state index in [1.807, 2.05) is 0 Å². The molecule has 0 unspecified atom stereocenters. The molecule has 4 heteroatoms.